The van der Waals surface area contributed by atoms with E-state index >= 15 is 0 Å². The van der Waals surface area contributed by atoms with Gasteiger partial charge in [0.1, 0.15) is 30.3 Å². The van der Waals surface area contributed by atoms with Crippen LogP contribution in [0.3, 0.4) is 0 Å². The lowest BCUT2D eigenvalue weighted by atomic mass is 10.3. The minimum atomic E-state index is -3.28. The van der Waals surface area contributed by atoms with Gasteiger partial charge in [-0.3, -0.25) is 0 Å². The lowest BCUT2D eigenvalue weighted by Crippen LogP contribution is -2.27. The predicted octanol–water partition coefficient (Wildman–Crippen LogP) is 4.48. The van der Waals surface area contributed by atoms with Gasteiger partial charge in [0.05, 0.1) is 10.6 Å². The summed E-state index contributed by atoms with van der Waals surface area (Å²) in [6, 6.07) is 16.2. The summed E-state index contributed by atoms with van der Waals surface area (Å²) in [5.41, 5.74) is 1.51. The molecule has 1 aromatic heterocycles. The van der Waals surface area contributed by atoms with Gasteiger partial charge in [-0.1, -0.05) is 26.8 Å². The van der Waals surface area contributed by atoms with Crippen molar-refractivity contribution in [1.82, 2.24) is 14.9 Å². The monoisotopic (exact) mass is 469 g/mol. The van der Waals surface area contributed by atoms with E-state index in [1.807, 2.05) is 24.3 Å². The van der Waals surface area contributed by atoms with Gasteiger partial charge in [-0.2, -0.15) is 0 Å². The summed E-state index contributed by atoms with van der Waals surface area (Å²) in [7, 11) is -3.28. The third-order valence-electron chi connectivity index (χ3n) is 5.21. The van der Waals surface area contributed by atoms with Gasteiger partial charge in [-0.15, -0.1) is 0 Å². The highest BCUT2D eigenvalue weighted by Crippen LogP contribution is 2.23. The number of rotatable bonds is 12. The van der Waals surface area contributed by atoms with E-state index in [-0.39, 0.29) is 10.6 Å². The summed E-state index contributed by atoms with van der Waals surface area (Å²) in [5.74, 6) is 2.03. The molecule has 0 saturated carbocycles. The summed E-state index contributed by atoms with van der Waals surface area (Å²) in [4.78, 5) is 11.1. The molecule has 33 heavy (non-hydrogen) atoms. The quantitative estimate of drug-likeness (QED) is 0.401. The van der Waals surface area contributed by atoms with Crippen LogP contribution in [0, 0.1) is 0 Å². The molecule has 0 aliphatic heterocycles. The molecular weight excluding hydrogens is 438 g/mol. The Balaban J connectivity index is 1.61. The van der Waals surface area contributed by atoms with Gasteiger partial charge in [0.2, 0.25) is 0 Å². The van der Waals surface area contributed by atoms with Crippen LogP contribution in [-0.2, 0) is 9.84 Å². The Morgan fingerprint density at radius 2 is 1.55 bits per heavy atom. The van der Waals surface area contributed by atoms with Crippen molar-refractivity contribution in [2.24, 2.45) is 0 Å². The van der Waals surface area contributed by atoms with E-state index in [2.05, 4.69) is 39.3 Å². The highest BCUT2D eigenvalue weighted by molar-refractivity contribution is 7.91. The molecule has 0 radical (unpaired) electrons. The van der Waals surface area contributed by atoms with Crippen LogP contribution in [-0.4, -0.2) is 55.3 Å². The average Bonchev–Trinajstić information content (AvgIpc) is 2.83. The number of hydrogen-bond donors (Lipinski definition) is 2. The second kappa shape index (κ2) is 11.6. The van der Waals surface area contributed by atoms with Crippen LogP contribution in [0.4, 0.5) is 23.0 Å². The lowest BCUT2D eigenvalue weighted by Gasteiger charge is -2.18. The molecule has 0 fully saturated rings. The van der Waals surface area contributed by atoms with Crippen molar-refractivity contribution in [2.75, 3.05) is 42.6 Å². The highest BCUT2D eigenvalue weighted by atomic mass is 32.2. The smallest absolute Gasteiger partial charge is 0.178 e. The van der Waals surface area contributed by atoms with Crippen LogP contribution < -0.4 is 15.4 Å². The normalized spacial score (nSPS) is 11.4. The summed E-state index contributed by atoms with van der Waals surface area (Å²) < 4.78 is 30.1. The number of benzene rings is 2. The molecule has 9 heteroatoms. The van der Waals surface area contributed by atoms with Crippen molar-refractivity contribution in [1.29, 1.82) is 0 Å². The molecule has 176 valence electrons. The number of nitrogens with zero attached hydrogens (tertiary/aromatic N) is 3. The molecule has 3 rings (SSSR count). The Kier molecular flexibility index (Phi) is 8.62. The maximum Gasteiger partial charge on any atom is 0.178 e. The standard InChI is InChI=1S/C24H31N5O3S/c1-4-29(5-2)14-15-32-21-12-10-19(11-13-21)27-23-17-24(26-18-25-23)28-20-8-7-9-22(16-20)33(30,31)6-3/h7-13,16-18H,4-6,14-15H2,1-3H3,(H2,25,26,27,28). The fourth-order valence-corrected chi connectivity index (χ4v) is 4.12. The minimum absolute atomic E-state index is 0.0534. The number of sulfone groups is 1. The van der Waals surface area contributed by atoms with E-state index in [0.29, 0.717) is 23.9 Å². The number of hydrogen-bond acceptors (Lipinski definition) is 8. The first-order valence-electron chi connectivity index (χ1n) is 11.1. The van der Waals surface area contributed by atoms with Crippen molar-refractivity contribution < 1.29 is 13.2 Å². The number of anilines is 4. The van der Waals surface area contributed by atoms with Gasteiger partial charge in [0.25, 0.3) is 0 Å². The first kappa shape index (κ1) is 24.5. The molecule has 8 nitrogen and oxygen atoms in total. The zero-order valence-electron chi connectivity index (χ0n) is 19.3. The largest absolute Gasteiger partial charge is 0.492 e. The SMILES string of the molecule is CCN(CC)CCOc1ccc(Nc2cc(Nc3cccc(S(=O)(=O)CC)c3)ncn2)cc1. The van der Waals surface area contributed by atoms with Crippen LogP contribution in [0.25, 0.3) is 0 Å². The van der Waals surface area contributed by atoms with Gasteiger partial charge in [-0.25, -0.2) is 18.4 Å². The summed E-state index contributed by atoms with van der Waals surface area (Å²) in [5, 5.41) is 6.38. The molecule has 0 bridgehead atoms. The van der Waals surface area contributed by atoms with Gasteiger partial charge in [0.15, 0.2) is 9.84 Å². The second-order valence-corrected chi connectivity index (χ2v) is 9.65. The van der Waals surface area contributed by atoms with E-state index in [4.69, 9.17) is 4.74 Å². The van der Waals surface area contributed by atoms with Gasteiger partial charge in [-0.05, 0) is 55.6 Å². The average molecular weight is 470 g/mol. The topological polar surface area (TPSA) is 96.5 Å². The molecule has 2 N–H and O–H groups in total. The van der Waals surface area contributed by atoms with E-state index in [9.17, 15) is 8.42 Å². The molecule has 0 spiro atoms. The first-order chi connectivity index (χ1) is 15.9. The van der Waals surface area contributed by atoms with E-state index in [1.165, 1.54) is 6.33 Å². The maximum atomic E-state index is 12.1. The molecule has 1 heterocycles. The summed E-state index contributed by atoms with van der Waals surface area (Å²) >= 11 is 0. The summed E-state index contributed by atoms with van der Waals surface area (Å²) in [6.45, 7) is 9.50. The Bertz CT molecular complexity index is 1130. The molecule has 2 aromatic carbocycles. The number of likely N-dealkylation sites (N-methyl/N-ethyl adjacent to an activating group) is 1. The Labute approximate surface area is 196 Å². The molecular formula is C24H31N5O3S. The number of ether oxygens (including phenoxy) is 1. The minimum Gasteiger partial charge on any atom is -0.492 e. The zero-order valence-corrected chi connectivity index (χ0v) is 20.1. The first-order valence-corrected chi connectivity index (χ1v) is 12.7. The molecule has 0 aliphatic rings. The van der Waals surface area contributed by atoms with Crippen molar-refractivity contribution in [3.8, 4) is 5.75 Å². The molecule has 0 unspecified atom stereocenters. The zero-order chi connectivity index (χ0) is 23.7. The van der Waals surface area contributed by atoms with Crippen LogP contribution in [0.2, 0.25) is 0 Å². The van der Waals surface area contributed by atoms with Crippen LogP contribution in [0.15, 0.2) is 65.8 Å². The van der Waals surface area contributed by atoms with Gasteiger partial charge >= 0.3 is 0 Å². The molecule has 0 aliphatic carbocycles. The van der Waals surface area contributed by atoms with E-state index < -0.39 is 9.84 Å². The highest BCUT2D eigenvalue weighted by Gasteiger charge is 2.12. The Morgan fingerprint density at radius 1 is 0.879 bits per heavy atom. The van der Waals surface area contributed by atoms with Crippen LogP contribution in [0.5, 0.6) is 5.75 Å². The molecule has 0 atom stereocenters. The van der Waals surface area contributed by atoms with Gasteiger partial charge in [0, 0.05) is 24.0 Å². The molecule has 0 amide bonds. The fourth-order valence-electron chi connectivity index (χ4n) is 3.19. The van der Waals surface area contributed by atoms with Crippen molar-refractivity contribution in [3.63, 3.8) is 0 Å². The number of aromatic nitrogens is 2. The third kappa shape index (κ3) is 7.16. The van der Waals surface area contributed by atoms with Crippen molar-refractivity contribution in [3.05, 3.63) is 60.9 Å². The van der Waals surface area contributed by atoms with Crippen molar-refractivity contribution >= 4 is 32.8 Å². The predicted molar refractivity (Wildman–Crippen MR) is 132 cm³/mol. The van der Waals surface area contributed by atoms with Crippen LogP contribution >= 0.6 is 0 Å². The second-order valence-electron chi connectivity index (χ2n) is 7.37. The lowest BCUT2D eigenvalue weighted by molar-refractivity contribution is 0.223. The molecule has 0 saturated heterocycles. The van der Waals surface area contributed by atoms with Crippen LogP contribution in [0.1, 0.15) is 20.8 Å². The Morgan fingerprint density at radius 3 is 2.18 bits per heavy atom. The fraction of sp³-hybridized carbons (Fsp3) is 0.333. The Hall–Kier alpha value is -3.17. The maximum absolute atomic E-state index is 12.1. The number of nitrogens with one attached hydrogen (secondary N) is 2. The summed E-state index contributed by atoms with van der Waals surface area (Å²) in [6.07, 6.45) is 1.45. The van der Waals surface area contributed by atoms with E-state index in [1.54, 1.807) is 37.3 Å². The van der Waals surface area contributed by atoms with Crippen molar-refractivity contribution in [2.45, 2.75) is 25.7 Å². The van der Waals surface area contributed by atoms with Gasteiger partial charge < -0.3 is 20.3 Å². The molecule has 3 aromatic rings. The third-order valence-corrected chi connectivity index (χ3v) is 6.94. The van der Waals surface area contributed by atoms with E-state index in [0.717, 1.165) is 31.1 Å².